The van der Waals surface area contributed by atoms with Gasteiger partial charge in [-0.2, -0.15) is 0 Å². The van der Waals surface area contributed by atoms with Gasteiger partial charge in [0.05, 0.1) is 0 Å². The van der Waals surface area contributed by atoms with E-state index in [-0.39, 0.29) is 5.92 Å². The zero-order valence-corrected chi connectivity index (χ0v) is 12.4. The van der Waals surface area contributed by atoms with Gasteiger partial charge in [-0.05, 0) is 43.6 Å². The van der Waals surface area contributed by atoms with E-state index in [4.69, 9.17) is 0 Å². The summed E-state index contributed by atoms with van der Waals surface area (Å²) < 4.78 is 0. The van der Waals surface area contributed by atoms with E-state index in [9.17, 15) is 4.79 Å². The van der Waals surface area contributed by atoms with Crippen LogP contribution in [0.5, 0.6) is 0 Å². The Balaban J connectivity index is 1.61. The fourth-order valence-electron chi connectivity index (χ4n) is 3.89. The summed E-state index contributed by atoms with van der Waals surface area (Å²) in [5.74, 6) is 1.40. The maximum absolute atomic E-state index is 12.2. The Morgan fingerprint density at radius 3 is 2.65 bits per heavy atom. The van der Waals surface area contributed by atoms with Crippen molar-refractivity contribution in [1.82, 2.24) is 4.90 Å². The standard InChI is InChI=1S/C18H25NO/c1-14-10-11-19(18(14)20)17-9-5-8-16(13-17)12-15-6-3-2-4-7-15/h2-4,6-7,14,16-17H,5,8-13H2,1H3. The molecule has 0 aromatic heterocycles. The van der Waals surface area contributed by atoms with Gasteiger partial charge in [0.25, 0.3) is 0 Å². The van der Waals surface area contributed by atoms with Crippen molar-refractivity contribution in [3.8, 4) is 0 Å². The molecule has 2 aliphatic rings. The highest BCUT2D eigenvalue weighted by molar-refractivity contribution is 5.80. The summed E-state index contributed by atoms with van der Waals surface area (Å²) >= 11 is 0. The molecular formula is C18H25NO. The van der Waals surface area contributed by atoms with E-state index in [0.717, 1.165) is 18.9 Å². The van der Waals surface area contributed by atoms with Gasteiger partial charge in [-0.15, -0.1) is 0 Å². The number of benzene rings is 1. The maximum Gasteiger partial charge on any atom is 0.225 e. The van der Waals surface area contributed by atoms with Crippen LogP contribution >= 0.6 is 0 Å². The summed E-state index contributed by atoms with van der Waals surface area (Å²) in [6, 6.07) is 11.3. The second-order valence-electron chi connectivity index (χ2n) is 6.60. The minimum absolute atomic E-state index is 0.254. The summed E-state index contributed by atoms with van der Waals surface area (Å²) in [4.78, 5) is 14.4. The van der Waals surface area contributed by atoms with Gasteiger partial charge in [0.1, 0.15) is 0 Å². The van der Waals surface area contributed by atoms with Crippen molar-refractivity contribution in [2.45, 2.75) is 51.5 Å². The zero-order chi connectivity index (χ0) is 13.9. The lowest BCUT2D eigenvalue weighted by Crippen LogP contribution is -2.40. The minimum Gasteiger partial charge on any atom is -0.339 e. The molecule has 1 heterocycles. The molecule has 1 aliphatic carbocycles. The average molecular weight is 271 g/mol. The maximum atomic E-state index is 12.2. The first-order valence-electron chi connectivity index (χ1n) is 8.08. The molecule has 0 radical (unpaired) electrons. The van der Waals surface area contributed by atoms with Crippen molar-refractivity contribution in [2.75, 3.05) is 6.54 Å². The number of hydrogen-bond acceptors (Lipinski definition) is 1. The van der Waals surface area contributed by atoms with Gasteiger partial charge < -0.3 is 4.90 Å². The first-order valence-corrected chi connectivity index (χ1v) is 8.08. The molecule has 1 amide bonds. The Bertz CT molecular complexity index is 456. The van der Waals surface area contributed by atoms with E-state index in [1.807, 2.05) is 0 Å². The van der Waals surface area contributed by atoms with Gasteiger partial charge in [-0.1, -0.05) is 43.7 Å². The quantitative estimate of drug-likeness (QED) is 0.821. The fourth-order valence-corrected chi connectivity index (χ4v) is 3.89. The van der Waals surface area contributed by atoms with E-state index in [1.165, 1.54) is 37.7 Å². The Hall–Kier alpha value is -1.31. The van der Waals surface area contributed by atoms with Crippen LogP contribution in [0, 0.1) is 11.8 Å². The van der Waals surface area contributed by atoms with E-state index >= 15 is 0 Å². The molecule has 108 valence electrons. The summed E-state index contributed by atoms with van der Waals surface area (Å²) in [6.45, 7) is 3.06. The highest BCUT2D eigenvalue weighted by atomic mass is 16.2. The highest BCUT2D eigenvalue weighted by Gasteiger charge is 2.35. The van der Waals surface area contributed by atoms with Crippen molar-refractivity contribution in [3.63, 3.8) is 0 Å². The topological polar surface area (TPSA) is 20.3 Å². The molecule has 2 heteroatoms. The van der Waals surface area contributed by atoms with Crippen LogP contribution in [0.25, 0.3) is 0 Å². The molecule has 1 aromatic rings. The Morgan fingerprint density at radius 1 is 1.15 bits per heavy atom. The lowest BCUT2D eigenvalue weighted by Gasteiger charge is -2.35. The predicted octanol–water partition coefficient (Wildman–Crippen LogP) is 3.66. The third-order valence-corrected chi connectivity index (χ3v) is 5.07. The second-order valence-corrected chi connectivity index (χ2v) is 6.60. The number of likely N-dealkylation sites (tertiary alicyclic amines) is 1. The monoisotopic (exact) mass is 271 g/mol. The van der Waals surface area contributed by atoms with Crippen LogP contribution in [0.4, 0.5) is 0 Å². The van der Waals surface area contributed by atoms with E-state index in [2.05, 4.69) is 42.2 Å². The first kappa shape index (κ1) is 13.7. The predicted molar refractivity (Wildman–Crippen MR) is 81.4 cm³/mol. The average Bonchev–Trinajstić information content (AvgIpc) is 2.80. The zero-order valence-electron chi connectivity index (χ0n) is 12.4. The van der Waals surface area contributed by atoms with E-state index in [1.54, 1.807) is 0 Å². The molecule has 3 rings (SSSR count). The van der Waals surface area contributed by atoms with Crippen LogP contribution in [0.3, 0.4) is 0 Å². The second kappa shape index (κ2) is 5.99. The number of carbonyl (C=O) groups is 1. The van der Waals surface area contributed by atoms with Gasteiger partial charge >= 0.3 is 0 Å². The van der Waals surface area contributed by atoms with Gasteiger partial charge in [0.15, 0.2) is 0 Å². The lowest BCUT2D eigenvalue weighted by atomic mass is 9.81. The molecule has 1 saturated heterocycles. The Morgan fingerprint density at radius 2 is 1.95 bits per heavy atom. The molecule has 1 aliphatic heterocycles. The smallest absolute Gasteiger partial charge is 0.225 e. The fraction of sp³-hybridized carbons (Fsp3) is 0.611. The van der Waals surface area contributed by atoms with Crippen LogP contribution in [0.2, 0.25) is 0 Å². The molecular weight excluding hydrogens is 246 g/mol. The largest absolute Gasteiger partial charge is 0.339 e. The molecule has 1 saturated carbocycles. The summed E-state index contributed by atoms with van der Waals surface area (Å²) in [5.41, 5.74) is 1.44. The summed E-state index contributed by atoms with van der Waals surface area (Å²) in [5, 5.41) is 0. The third-order valence-electron chi connectivity index (χ3n) is 5.07. The molecule has 3 unspecified atom stereocenters. The van der Waals surface area contributed by atoms with Crippen LogP contribution < -0.4 is 0 Å². The highest BCUT2D eigenvalue weighted by Crippen LogP contribution is 2.33. The van der Waals surface area contributed by atoms with Crippen molar-refractivity contribution >= 4 is 5.91 Å². The number of nitrogens with zero attached hydrogens (tertiary/aromatic N) is 1. The molecule has 2 fully saturated rings. The minimum atomic E-state index is 0.254. The summed E-state index contributed by atoms with van der Waals surface area (Å²) in [7, 11) is 0. The van der Waals surface area contributed by atoms with Crippen LogP contribution in [0.1, 0.15) is 44.6 Å². The Labute approximate surface area is 122 Å². The van der Waals surface area contributed by atoms with Crippen molar-refractivity contribution < 1.29 is 4.79 Å². The molecule has 0 N–H and O–H groups in total. The van der Waals surface area contributed by atoms with E-state index in [0.29, 0.717) is 11.9 Å². The SMILES string of the molecule is CC1CCN(C2CCCC(Cc3ccccc3)C2)C1=O. The summed E-state index contributed by atoms with van der Waals surface area (Å²) in [6.07, 6.45) is 7.24. The van der Waals surface area contributed by atoms with Gasteiger partial charge in [-0.3, -0.25) is 4.79 Å². The number of rotatable bonds is 3. The van der Waals surface area contributed by atoms with Gasteiger partial charge in [0.2, 0.25) is 5.91 Å². The molecule has 2 nitrogen and oxygen atoms in total. The van der Waals surface area contributed by atoms with Crippen molar-refractivity contribution in [2.24, 2.45) is 11.8 Å². The van der Waals surface area contributed by atoms with Crippen LogP contribution in [-0.4, -0.2) is 23.4 Å². The van der Waals surface area contributed by atoms with Crippen molar-refractivity contribution in [3.05, 3.63) is 35.9 Å². The van der Waals surface area contributed by atoms with Crippen LogP contribution in [0.15, 0.2) is 30.3 Å². The first-order chi connectivity index (χ1) is 9.74. The third kappa shape index (κ3) is 2.89. The molecule has 1 aromatic carbocycles. The van der Waals surface area contributed by atoms with Crippen molar-refractivity contribution in [1.29, 1.82) is 0 Å². The Kier molecular flexibility index (Phi) is 4.09. The van der Waals surface area contributed by atoms with E-state index < -0.39 is 0 Å². The lowest BCUT2D eigenvalue weighted by molar-refractivity contribution is -0.133. The number of carbonyl (C=O) groups excluding carboxylic acids is 1. The number of amides is 1. The van der Waals surface area contributed by atoms with Crippen LogP contribution in [-0.2, 0) is 11.2 Å². The van der Waals surface area contributed by atoms with Gasteiger partial charge in [-0.25, -0.2) is 0 Å². The van der Waals surface area contributed by atoms with Gasteiger partial charge in [0, 0.05) is 18.5 Å². The molecule has 3 atom stereocenters. The molecule has 0 spiro atoms. The number of hydrogen-bond donors (Lipinski definition) is 0. The molecule has 0 bridgehead atoms. The molecule has 20 heavy (non-hydrogen) atoms. The normalized spacial score (nSPS) is 30.8.